The average molecular weight is 256 g/mol. The molecule has 1 saturated carbocycles. The van der Waals surface area contributed by atoms with Gasteiger partial charge in [-0.25, -0.2) is 4.39 Å². The van der Waals surface area contributed by atoms with Crippen molar-refractivity contribution in [3.8, 4) is 0 Å². The maximum Gasteiger partial charge on any atom is 0.142 e. The maximum atomic E-state index is 13.3. The van der Waals surface area contributed by atoms with E-state index in [1.165, 1.54) is 31.7 Å². The summed E-state index contributed by atoms with van der Waals surface area (Å²) < 4.78 is 13.3. The van der Waals surface area contributed by atoms with Crippen LogP contribution < -0.4 is 5.32 Å². The fraction of sp³-hybridized carbons (Fsp3) is 0.571. The summed E-state index contributed by atoms with van der Waals surface area (Å²) in [6.07, 6.45) is 5.37. The van der Waals surface area contributed by atoms with Gasteiger partial charge in [0, 0.05) is 6.04 Å². The van der Waals surface area contributed by atoms with Gasteiger partial charge in [-0.1, -0.05) is 30.5 Å². The summed E-state index contributed by atoms with van der Waals surface area (Å²) >= 11 is 5.67. The summed E-state index contributed by atoms with van der Waals surface area (Å²) in [5.74, 6) is 0.466. The topological polar surface area (TPSA) is 12.0 Å². The van der Waals surface area contributed by atoms with Crippen LogP contribution in [0.3, 0.4) is 0 Å². The molecule has 0 heterocycles. The molecule has 17 heavy (non-hydrogen) atoms. The van der Waals surface area contributed by atoms with Crippen LogP contribution in [-0.4, -0.2) is 6.54 Å². The van der Waals surface area contributed by atoms with Crippen molar-refractivity contribution in [3.05, 3.63) is 34.6 Å². The quantitative estimate of drug-likeness (QED) is 0.845. The lowest BCUT2D eigenvalue weighted by Crippen LogP contribution is -2.24. The first-order valence-electron chi connectivity index (χ1n) is 6.35. The summed E-state index contributed by atoms with van der Waals surface area (Å²) in [7, 11) is 0. The minimum absolute atomic E-state index is 0.183. The highest BCUT2D eigenvalue weighted by Gasteiger charge is 2.16. The van der Waals surface area contributed by atoms with E-state index in [0.29, 0.717) is 0 Å². The lowest BCUT2D eigenvalue weighted by atomic mass is 10.1. The van der Waals surface area contributed by atoms with E-state index >= 15 is 0 Å². The van der Waals surface area contributed by atoms with Crippen molar-refractivity contribution in [2.75, 3.05) is 6.54 Å². The second-order valence-electron chi connectivity index (χ2n) is 4.95. The zero-order valence-electron chi connectivity index (χ0n) is 10.2. The summed E-state index contributed by atoms with van der Waals surface area (Å²) in [5.41, 5.74) is 0.963. The van der Waals surface area contributed by atoms with Gasteiger partial charge in [0.1, 0.15) is 5.82 Å². The van der Waals surface area contributed by atoms with E-state index in [0.717, 1.165) is 18.0 Å². The summed E-state index contributed by atoms with van der Waals surface area (Å²) in [6.45, 7) is 3.10. The molecule has 1 nitrogen and oxygen atoms in total. The number of benzene rings is 1. The van der Waals surface area contributed by atoms with Crippen LogP contribution in [-0.2, 0) is 0 Å². The van der Waals surface area contributed by atoms with Crippen molar-refractivity contribution >= 4 is 11.6 Å². The highest BCUT2D eigenvalue weighted by atomic mass is 35.5. The molecule has 0 aromatic heterocycles. The lowest BCUT2D eigenvalue weighted by molar-refractivity contribution is 0.451. The Bertz CT molecular complexity index is 374. The zero-order valence-corrected chi connectivity index (χ0v) is 10.9. The van der Waals surface area contributed by atoms with Gasteiger partial charge in [-0.05, 0) is 49.9 Å². The molecule has 0 bridgehead atoms. The first kappa shape index (κ1) is 12.8. The van der Waals surface area contributed by atoms with Gasteiger partial charge in [0.25, 0.3) is 0 Å². The van der Waals surface area contributed by atoms with E-state index in [4.69, 9.17) is 11.6 Å². The molecule has 94 valence electrons. The Hall–Kier alpha value is -0.600. The average Bonchev–Trinajstić information content (AvgIpc) is 2.82. The van der Waals surface area contributed by atoms with Gasteiger partial charge in [-0.2, -0.15) is 0 Å². The summed E-state index contributed by atoms with van der Waals surface area (Å²) in [6, 6.07) is 5.22. The van der Waals surface area contributed by atoms with E-state index in [9.17, 15) is 4.39 Å². The first-order valence-corrected chi connectivity index (χ1v) is 6.73. The van der Waals surface area contributed by atoms with Crippen molar-refractivity contribution < 1.29 is 4.39 Å². The largest absolute Gasteiger partial charge is 0.310 e. The molecular formula is C14H19ClFN. The Kier molecular flexibility index (Phi) is 4.41. The Morgan fingerprint density at radius 3 is 2.76 bits per heavy atom. The van der Waals surface area contributed by atoms with Crippen LogP contribution in [0.5, 0.6) is 0 Å². The van der Waals surface area contributed by atoms with Crippen LogP contribution in [0.25, 0.3) is 0 Å². The van der Waals surface area contributed by atoms with E-state index in [1.54, 1.807) is 6.07 Å². The molecule has 1 atom stereocenters. The van der Waals surface area contributed by atoms with Crippen LogP contribution in [0.2, 0.25) is 5.02 Å². The van der Waals surface area contributed by atoms with E-state index in [-0.39, 0.29) is 16.9 Å². The Labute approximate surface area is 107 Å². The number of hydrogen-bond acceptors (Lipinski definition) is 1. The highest BCUT2D eigenvalue weighted by molar-refractivity contribution is 6.30. The molecule has 3 heteroatoms. The second-order valence-corrected chi connectivity index (χ2v) is 5.36. The van der Waals surface area contributed by atoms with Gasteiger partial charge in [0.15, 0.2) is 0 Å². The molecular weight excluding hydrogens is 237 g/mol. The first-order chi connectivity index (χ1) is 8.16. The fourth-order valence-corrected chi connectivity index (χ4v) is 2.58. The number of hydrogen-bond donors (Lipinski definition) is 1. The molecule has 1 fully saturated rings. The summed E-state index contributed by atoms with van der Waals surface area (Å²) in [5, 5.41) is 3.67. The highest BCUT2D eigenvalue weighted by Crippen LogP contribution is 2.25. The van der Waals surface area contributed by atoms with Crippen LogP contribution in [0.1, 0.15) is 44.2 Å². The van der Waals surface area contributed by atoms with Crippen LogP contribution in [0, 0.1) is 11.7 Å². The van der Waals surface area contributed by atoms with E-state index in [2.05, 4.69) is 12.2 Å². The number of nitrogens with one attached hydrogen (secondary N) is 1. The molecule has 0 saturated heterocycles. The third kappa shape index (κ3) is 3.43. The van der Waals surface area contributed by atoms with Crippen molar-refractivity contribution in [2.24, 2.45) is 5.92 Å². The Balaban J connectivity index is 1.89. The Morgan fingerprint density at radius 2 is 2.12 bits per heavy atom. The predicted molar refractivity (Wildman–Crippen MR) is 69.8 cm³/mol. The molecule has 0 aliphatic heterocycles. The SMILES string of the molecule is CC(NCC1CCCC1)c1ccc(Cl)c(F)c1. The number of rotatable bonds is 4. The molecule has 1 aromatic carbocycles. The molecule has 0 amide bonds. The molecule has 0 spiro atoms. The molecule has 1 aliphatic rings. The third-order valence-corrected chi connectivity index (χ3v) is 3.94. The van der Waals surface area contributed by atoms with Crippen molar-refractivity contribution in [3.63, 3.8) is 0 Å². The zero-order chi connectivity index (χ0) is 12.3. The number of halogens is 2. The lowest BCUT2D eigenvalue weighted by Gasteiger charge is -2.17. The van der Waals surface area contributed by atoms with E-state index < -0.39 is 0 Å². The van der Waals surface area contributed by atoms with Crippen molar-refractivity contribution in [1.82, 2.24) is 5.32 Å². The van der Waals surface area contributed by atoms with Crippen molar-refractivity contribution in [1.29, 1.82) is 0 Å². The molecule has 2 rings (SSSR count). The minimum Gasteiger partial charge on any atom is -0.310 e. The smallest absolute Gasteiger partial charge is 0.142 e. The van der Waals surface area contributed by atoms with Gasteiger partial charge in [-0.15, -0.1) is 0 Å². The predicted octanol–water partition coefficient (Wildman–Crippen LogP) is 4.32. The van der Waals surface area contributed by atoms with Gasteiger partial charge in [0.05, 0.1) is 5.02 Å². The summed E-state index contributed by atoms with van der Waals surface area (Å²) in [4.78, 5) is 0. The third-order valence-electron chi connectivity index (χ3n) is 3.63. The molecule has 0 radical (unpaired) electrons. The van der Waals surface area contributed by atoms with Gasteiger partial charge >= 0.3 is 0 Å². The molecule has 1 N–H and O–H groups in total. The van der Waals surface area contributed by atoms with Crippen LogP contribution in [0.15, 0.2) is 18.2 Å². The van der Waals surface area contributed by atoms with Crippen LogP contribution >= 0.6 is 11.6 Å². The van der Waals surface area contributed by atoms with Crippen LogP contribution in [0.4, 0.5) is 4.39 Å². The van der Waals surface area contributed by atoms with Crippen molar-refractivity contribution in [2.45, 2.75) is 38.6 Å². The van der Waals surface area contributed by atoms with Gasteiger partial charge < -0.3 is 5.32 Å². The monoisotopic (exact) mass is 255 g/mol. The second kappa shape index (κ2) is 5.83. The molecule has 1 unspecified atom stereocenters. The fourth-order valence-electron chi connectivity index (χ4n) is 2.46. The van der Waals surface area contributed by atoms with E-state index in [1.807, 2.05) is 6.07 Å². The Morgan fingerprint density at radius 1 is 1.41 bits per heavy atom. The standard InChI is InChI=1S/C14H19ClFN/c1-10(17-9-11-4-2-3-5-11)12-6-7-13(15)14(16)8-12/h6-8,10-11,17H,2-5,9H2,1H3. The minimum atomic E-state index is -0.335. The normalized spacial score (nSPS) is 18.5. The molecule has 1 aliphatic carbocycles. The van der Waals surface area contributed by atoms with Gasteiger partial charge in [0.2, 0.25) is 0 Å². The molecule has 1 aromatic rings. The van der Waals surface area contributed by atoms with Gasteiger partial charge in [-0.3, -0.25) is 0 Å². The maximum absolute atomic E-state index is 13.3.